The van der Waals surface area contributed by atoms with Gasteiger partial charge in [-0.15, -0.1) is 0 Å². The number of benzene rings is 2. The van der Waals surface area contributed by atoms with E-state index in [1.807, 2.05) is 18.2 Å². The molecule has 2 aromatic carbocycles. The highest BCUT2D eigenvalue weighted by Gasteiger charge is 2.12. The molecule has 0 bridgehead atoms. The van der Waals surface area contributed by atoms with Crippen molar-refractivity contribution in [3.8, 4) is 11.6 Å². The molecule has 0 aliphatic rings. The number of halogens is 1. The molecule has 28 heavy (non-hydrogen) atoms. The average molecular weight is 395 g/mol. The molecule has 7 nitrogen and oxygen atoms in total. The molecular weight excluding hydrogens is 380 g/mol. The molecule has 0 aliphatic heterocycles. The topological polar surface area (TPSA) is 93.2 Å². The molecule has 4 aromatic rings. The van der Waals surface area contributed by atoms with Gasteiger partial charge in [0.15, 0.2) is 5.76 Å². The Labute approximate surface area is 165 Å². The van der Waals surface area contributed by atoms with Crippen molar-refractivity contribution in [2.24, 2.45) is 0 Å². The number of carbonyl (C=O) groups is 1. The van der Waals surface area contributed by atoms with Crippen molar-refractivity contribution in [1.29, 1.82) is 0 Å². The molecule has 0 saturated carbocycles. The predicted octanol–water partition coefficient (Wildman–Crippen LogP) is 4.85. The number of hydrogen-bond acceptors (Lipinski definition) is 6. The number of anilines is 2. The Bertz CT molecular complexity index is 1080. The van der Waals surface area contributed by atoms with Crippen LogP contribution in [-0.2, 0) is 6.54 Å². The van der Waals surface area contributed by atoms with Gasteiger partial charge in [-0.25, -0.2) is 0 Å². The van der Waals surface area contributed by atoms with Crippen LogP contribution >= 0.6 is 11.6 Å². The van der Waals surface area contributed by atoms with Gasteiger partial charge in [0.25, 0.3) is 5.91 Å². The summed E-state index contributed by atoms with van der Waals surface area (Å²) in [6.45, 7) is 0.293. The highest BCUT2D eigenvalue weighted by Crippen LogP contribution is 2.23. The van der Waals surface area contributed by atoms with E-state index in [-0.39, 0.29) is 5.91 Å². The van der Waals surface area contributed by atoms with Crippen LogP contribution in [0.5, 0.6) is 0 Å². The lowest BCUT2D eigenvalue weighted by molar-refractivity contribution is 0.102. The standard InChI is InChI=1S/C20H15ClN4O3/c21-14-9-7-13(8-10-14)20(26)23-16-5-2-1-4-15(16)22-12-18-24-19(25-28-18)17-6-3-11-27-17/h1-11,22H,12H2,(H,23,26). The van der Waals surface area contributed by atoms with Crippen LogP contribution in [0.15, 0.2) is 75.9 Å². The molecule has 0 saturated heterocycles. The first-order valence-electron chi connectivity index (χ1n) is 8.45. The minimum Gasteiger partial charge on any atom is -0.461 e. The third-order valence-electron chi connectivity index (χ3n) is 3.92. The van der Waals surface area contributed by atoms with Gasteiger partial charge in [0.2, 0.25) is 11.7 Å². The van der Waals surface area contributed by atoms with E-state index in [1.54, 1.807) is 48.7 Å². The van der Waals surface area contributed by atoms with Crippen molar-refractivity contribution >= 4 is 28.9 Å². The molecule has 2 heterocycles. The molecule has 0 unspecified atom stereocenters. The molecule has 0 spiro atoms. The number of amides is 1. The minimum absolute atomic E-state index is 0.233. The summed E-state index contributed by atoms with van der Waals surface area (Å²) in [4.78, 5) is 16.7. The zero-order valence-electron chi connectivity index (χ0n) is 14.6. The van der Waals surface area contributed by atoms with Crippen LogP contribution < -0.4 is 10.6 Å². The largest absolute Gasteiger partial charge is 0.461 e. The number of hydrogen-bond donors (Lipinski definition) is 2. The summed E-state index contributed by atoms with van der Waals surface area (Å²) in [5, 5.41) is 10.5. The average Bonchev–Trinajstić information content (AvgIpc) is 3.39. The zero-order chi connectivity index (χ0) is 19.3. The fourth-order valence-corrected chi connectivity index (χ4v) is 2.67. The summed E-state index contributed by atoms with van der Waals surface area (Å²) < 4.78 is 10.5. The summed E-state index contributed by atoms with van der Waals surface area (Å²) in [6.07, 6.45) is 1.54. The third kappa shape index (κ3) is 4.05. The molecule has 8 heteroatoms. The fraction of sp³-hybridized carbons (Fsp3) is 0.0500. The maximum Gasteiger partial charge on any atom is 0.255 e. The Balaban J connectivity index is 1.44. The first-order valence-corrected chi connectivity index (χ1v) is 8.83. The fourth-order valence-electron chi connectivity index (χ4n) is 2.55. The van der Waals surface area contributed by atoms with Crippen molar-refractivity contribution in [3.05, 3.63) is 83.4 Å². The van der Waals surface area contributed by atoms with Crippen LogP contribution in [0.3, 0.4) is 0 Å². The van der Waals surface area contributed by atoms with Gasteiger partial charge in [0.1, 0.15) is 0 Å². The van der Waals surface area contributed by atoms with Gasteiger partial charge in [-0.05, 0) is 48.5 Å². The van der Waals surface area contributed by atoms with Gasteiger partial charge in [0.05, 0.1) is 24.2 Å². The number of carbonyl (C=O) groups excluding carboxylic acids is 1. The van der Waals surface area contributed by atoms with Gasteiger partial charge >= 0.3 is 0 Å². The van der Waals surface area contributed by atoms with Crippen LogP contribution in [0, 0.1) is 0 Å². The number of furan rings is 1. The van der Waals surface area contributed by atoms with E-state index in [1.165, 1.54) is 0 Å². The van der Waals surface area contributed by atoms with Gasteiger partial charge in [-0.1, -0.05) is 28.9 Å². The van der Waals surface area contributed by atoms with Gasteiger partial charge < -0.3 is 19.6 Å². The highest BCUT2D eigenvalue weighted by atomic mass is 35.5. The van der Waals surface area contributed by atoms with E-state index in [9.17, 15) is 4.79 Å². The Hall–Kier alpha value is -3.58. The molecule has 0 fully saturated rings. The van der Waals surface area contributed by atoms with Crippen molar-refractivity contribution in [2.45, 2.75) is 6.54 Å². The minimum atomic E-state index is -0.233. The third-order valence-corrected chi connectivity index (χ3v) is 4.17. The number of para-hydroxylation sites is 2. The Morgan fingerprint density at radius 2 is 1.79 bits per heavy atom. The normalized spacial score (nSPS) is 10.6. The SMILES string of the molecule is O=C(Nc1ccccc1NCc1nc(-c2ccco2)no1)c1ccc(Cl)cc1. The van der Waals surface area contributed by atoms with Crippen LogP contribution in [0.1, 0.15) is 16.2 Å². The smallest absolute Gasteiger partial charge is 0.255 e. The van der Waals surface area contributed by atoms with E-state index >= 15 is 0 Å². The van der Waals surface area contributed by atoms with Crippen LogP contribution in [0.25, 0.3) is 11.6 Å². The predicted molar refractivity (Wildman–Crippen MR) is 105 cm³/mol. The second kappa shape index (κ2) is 7.98. The summed E-state index contributed by atoms with van der Waals surface area (Å²) in [5.41, 5.74) is 1.87. The lowest BCUT2D eigenvalue weighted by atomic mass is 10.2. The molecule has 0 atom stereocenters. The molecule has 2 N–H and O–H groups in total. The maximum atomic E-state index is 12.5. The number of nitrogens with one attached hydrogen (secondary N) is 2. The highest BCUT2D eigenvalue weighted by molar-refractivity contribution is 6.30. The molecule has 2 aromatic heterocycles. The van der Waals surface area contributed by atoms with E-state index in [2.05, 4.69) is 20.8 Å². The first kappa shape index (κ1) is 17.8. The summed E-state index contributed by atoms with van der Waals surface area (Å²) in [5.74, 6) is 1.07. The van der Waals surface area contributed by atoms with E-state index in [0.717, 1.165) is 5.69 Å². The quantitative estimate of drug-likeness (QED) is 0.485. The molecule has 1 amide bonds. The lowest BCUT2D eigenvalue weighted by Gasteiger charge is -2.12. The first-order chi connectivity index (χ1) is 13.7. The number of aromatic nitrogens is 2. The number of rotatable bonds is 6. The summed E-state index contributed by atoms with van der Waals surface area (Å²) in [7, 11) is 0. The van der Waals surface area contributed by atoms with Crippen LogP contribution in [0.2, 0.25) is 5.02 Å². The van der Waals surface area contributed by atoms with Gasteiger partial charge in [0, 0.05) is 10.6 Å². The Kier molecular flexibility index (Phi) is 5.07. The zero-order valence-corrected chi connectivity index (χ0v) is 15.3. The molecule has 4 rings (SSSR count). The van der Waals surface area contributed by atoms with E-state index in [4.69, 9.17) is 20.5 Å². The summed E-state index contributed by atoms with van der Waals surface area (Å²) in [6, 6.07) is 17.5. The summed E-state index contributed by atoms with van der Waals surface area (Å²) >= 11 is 5.87. The van der Waals surface area contributed by atoms with E-state index < -0.39 is 0 Å². The molecule has 140 valence electrons. The van der Waals surface area contributed by atoms with Crippen LogP contribution in [-0.4, -0.2) is 16.0 Å². The molecule has 0 aliphatic carbocycles. The second-order valence-corrected chi connectivity index (χ2v) is 6.29. The van der Waals surface area contributed by atoms with E-state index in [0.29, 0.717) is 40.3 Å². The van der Waals surface area contributed by atoms with Crippen molar-refractivity contribution in [1.82, 2.24) is 10.1 Å². The van der Waals surface area contributed by atoms with Crippen molar-refractivity contribution in [2.75, 3.05) is 10.6 Å². The molecular formula is C20H15ClN4O3. The Morgan fingerprint density at radius 1 is 1.00 bits per heavy atom. The van der Waals surface area contributed by atoms with Crippen molar-refractivity contribution in [3.63, 3.8) is 0 Å². The Morgan fingerprint density at radius 3 is 2.54 bits per heavy atom. The van der Waals surface area contributed by atoms with Gasteiger partial charge in [-0.3, -0.25) is 4.79 Å². The lowest BCUT2D eigenvalue weighted by Crippen LogP contribution is -2.13. The van der Waals surface area contributed by atoms with Crippen molar-refractivity contribution < 1.29 is 13.7 Å². The van der Waals surface area contributed by atoms with Crippen LogP contribution in [0.4, 0.5) is 11.4 Å². The number of nitrogens with zero attached hydrogens (tertiary/aromatic N) is 2. The van der Waals surface area contributed by atoms with Gasteiger partial charge in [-0.2, -0.15) is 4.98 Å². The molecule has 0 radical (unpaired) electrons. The monoisotopic (exact) mass is 394 g/mol. The maximum absolute atomic E-state index is 12.5. The second-order valence-electron chi connectivity index (χ2n) is 5.85.